The lowest BCUT2D eigenvalue weighted by atomic mass is 9.87. The van der Waals surface area contributed by atoms with Crippen molar-refractivity contribution in [3.63, 3.8) is 0 Å². The van der Waals surface area contributed by atoms with Gasteiger partial charge in [0.15, 0.2) is 0 Å². The van der Waals surface area contributed by atoms with E-state index < -0.39 is 0 Å². The van der Waals surface area contributed by atoms with Crippen molar-refractivity contribution in [2.24, 2.45) is 5.92 Å². The van der Waals surface area contributed by atoms with E-state index in [0.717, 1.165) is 5.92 Å². The second kappa shape index (κ2) is 4.60. The first-order valence-electron chi connectivity index (χ1n) is 4.53. The maximum Gasteiger partial charge on any atom is 0.205 e. The first kappa shape index (κ1) is 8.86. The summed E-state index contributed by atoms with van der Waals surface area (Å²) in [5, 5.41) is 0. The molecule has 0 amide bonds. The van der Waals surface area contributed by atoms with Crippen LogP contribution in [0.25, 0.3) is 0 Å². The van der Waals surface area contributed by atoms with Crippen molar-refractivity contribution in [2.75, 3.05) is 13.1 Å². The fourth-order valence-electron chi connectivity index (χ4n) is 1.70. The van der Waals surface area contributed by atoms with Crippen LogP contribution in [0.3, 0.4) is 0 Å². The van der Waals surface area contributed by atoms with Crippen molar-refractivity contribution < 1.29 is 0 Å². The predicted molar refractivity (Wildman–Crippen MR) is 50.7 cm³/mol. The molecule has 0 saturated carbocycles. The fraction of sp³-hybridized carbons (Fsp3) is 0.778. The van der Waals surface area contributed by atoms with Crippen LogP contribution in [-0.4, -0.2) is 25.3 Å². The van der Waals surface area contributed by atoms with Crippen LogP contribution in [0, 0.1) is 5.92 Å². The van der Waals surface area contributed by atoms with Gasteiger partial charge in [0.1, 0.15) is 0 Å². The molecule has 1 rings (SSSR count). The molecule has 0 N–H and O–H groups in total. The molecule has 11 heavy (non-hydrogen) atoms. The molecule has 0 aromatic rings. The average molecular weight is 150 g/mol. The summed E-state index contributed by atoms with van der Waals surface area (Å²) in [7, 11) is 2.20. The Morgan fingerprint density at radius 2 is 2.36 bits per heavy atom. The van der Waals surface area contributed by atoms with Crippen molar-refractivity contribution in [1.29, 1.82) is 0 Å². The lowest BCUT2D eigenvalue weighted by Gasteiger charge is -2.30. The molecule has 1 aliphatic heterocycles. The van der Waals surface area contributed by atoms with E-state index >= 15 is 0 Å². The summed E-state index contributed by atoms with van der Waals surface area (Å²) >= 11 is 0. The van der Waals surface area contributed by atoms with Gasteiger partial charge in [-0.05, 0) is 38.8 Å². The summed E-state index contributed by atoms with van der Waals surface area (Å²) < 4.78 is 0. The smallest absolute Gasteiger partial charge is 0.205 e. The van der Waals surface area contributed by atoms with Gasteiger partial charge >= 0.3 is 0 Å². The Morgan fingerprint density at radius 1 is 1.55 bits per heavy atom. The van der Waals surface area contributed by atoms with E-state index in [4.69, 9.17) is 0 Å². The summed E-state index contributed by atoms with van der Waals surface area (Å²) in [6, 6.07) is 0. The zero-order valence-electron chi connectivity index (χ0n) is 7.59. The van der Waals surface area contributed by atoms with E-state index in [1.807, 2.05) is 0 Å². The van der Waals surface area contributed by atoms with Gasteiger partial charge in [0.2, 0.25) is 7.41 Å². The van der Waals surface area contributed by atoms with Gasteiger partial charge < -0.3 is 4.81 Å². The highest BCUT2D eigenvalue weighted by Gasteiger charge is 2.15. The molecule has 61 valence electrons. The molecule has 1 saturated heterocycles. The van der Waals surface area contributed by atoms with E-state index in [2.05, 4.69) is 38.1 Å². The van der Waals surface area contributed by atoms with Gasteiger partial charge in [-0.1, -0.05) is 19.0 Å². The highest BCUT2D eigenvalue weighted by molar-refractivity contribution is 6.29. The first-order valence-corrected chi connectivity index (χ1v) is 4.53. The van der Waals surface area contributed by atoms with Crippen molar-refractivity contribution >= 4 is 7.41 Å². The number of rotatable bonds is 2. The highest BCUT2D eigenvalue weighted by Crippen LogP contribution is 2.16. The monoisotopic (exact) mass is 150 g/mol. The Bertz CT molecular complexity index is 134. The van der Waals surface area contributed by atoms with Gasteiger partial charge in [-0.25, -0.2) is 0 Å². The molecular formula is C9H17BN. The Balaban J connectivity index is 2.33. The van der Waals surface area contributed by atoms with E-state index in [1.54, 1.807) is 0 Å². The average Bonchev–Trinajstić information content (AvgIpc) is 2.06. The third kappa shape index (κ3) is 2.70. The Labute approximate surface area is 70.7 Å². The summed E-state index contributed by atoms with van der Waals surface area (Å²) in [4.78, 5) is 2.41. The lowest BCUT2D eigenvalue weighted by molar-refractivity contribution is 0.309. The molecule has 1 radical (unpaired) electrons. The Morgan fingerprint density at radius 3 is 3.00 bits per heavy atom. The van der Waals surface area contributed by atoms with Crippen LogP contribution in [0.5, 0.6) is 0 Å². The number of piperidine rings is 1. The highest BCUT2D eigenvalue weighted by atomic mass is 15.0. The zero-order chi connectivity index (χ0) is 8.10. The Kier molecular flexibility index (Phi) is 3.71. The number of hydrogen-bond acceptors (Lipinski definition) is 1. The summed E-state index contributed by atoms with van der Waals surface area (Å²) in [6.45, 7) is 6.71. The molecule has 1 nitrogen and oxygen atoms in total. The van der Waals surface area contributed by atoms with E-state index in [9.17, 15) is 0 Å². The van der Waals surface area contributed by atoms with Gasteiger partial charge in [-0.15, -0.1) is 0 Å². The third-order valence-corrected chi connectivity index (χ3v) is 2.32. The van der Waals surface area contributed by atoms with Crippen LogP contribution in [0.4, 0.5) is 0 Å². The van der Waals surface area contributed by atoms with Crippen LogP contribution in [0.1, 0.15) is 19.8 Å². The molecule has 1 unspecified atom stereocenters. The minimum absolute atomic E-state index is 0.796. The third-order valence-electron chi connectivity index (χ3n) is 2.32. The SMILES string of the molecule is C[B]N1CCCC(/C=C/C)C1. The van der Waals surface area contributed by atoms with Crippen molar-refractivity contribution in [3.05, 3.63) is 12.2 Å². The van der Waals surface area contributed by atoms with Gasteiger partial charge in [0.25, 0.3) is 0 Å². The maximum atomic E-state index is 2.41. The number of hydrogen-bond donors (Lipinski definition) is 0. The largest absolute Gasteiger partial charge is 0.346 e. The molecule has 0 aromatic carbocycles. The molecule has 2 heteroatoms. The minimum atomic E-state index is 0.796. The Hall–Kier alpha value is -0.235. The molecular weight excluding hydrogens is 133 g/mol. The fourth-order valence-corrected chi connectivity index (χ4v) is 1.70. The van der Waals surface area contributed by atoms with Crippen LogP contribution in [0.2, 0.25) is 6.82 Å². The topological polar surface area (TPSA) is 3.24 Å². The summed E-state index contributed by atoms with van der Waals surface area (Å²) in [6.07, 6.45) is 7.22. The normalized spacial score (nSPS) is 27.6. The molecule has 1 fully saturated rings. The molecule has 0 aromatic heterocycles. The lowest BCUT2D eigenvalue weighted by Crippen LogP contribution is -2.36. The quantitative estimate of drug-likeness (QED) is 0.429. The molecule has 1 aliphatic rings. The van der Waals surface area contributed by atoms with Gasteiger partial charge in [0, 0.05) is 0 Å². The molecule has 0 aliphatic carbocycles. The van der Waals surface area contributed by atoms with Crippen molar-refractivity contribution in [3.8, 4) is 0 Å². The zero-order valence-corrected chi connectivity index (χ0v) is 7.59. The summed E-state index contributed by atoms with van der Waals surface area (Å²) in [5.41, 5.74) is 0. The predicted octanol–water partition coefficient (Wildman–Crippen LogP) is 1.94. The second-order valence-corrected chi connectivity index (χ2v) is 3.18. The standard InChI is InChI=1S/C9H17BN/c1-3-5-9-6-4-7-11(8-9)10-2/h3,5,9H,4,6-8H2,1-2H3/b5-3+. The second-order valence-electron chi connectivity index (χ2n) is 3.18. The van der Waals surface area contributed by atoms with E-state index in [1.165, 1.54) is 25.9 Å². The molecule has 0 spiro atoms. The number of allylic oxidation sites excluding steroid dienone is 1. The van der Waals surface area contributed by atoms with Gasteiger partial charge in [-0.2, -0.15) is 0 Å². The number of nitrogens with zero attached hydrogens (tertiary/aromatic N) is 1. The van der Waals surface area contributed by atoms with Crippen LogP contribution in [0.15, 0.2) is 12.2 Å². The van der Waals surface area contributed by atoms with Gasteiger partial charge in [0.05, 0.1) is 0 Å². The van der Waals surface area contributed by atoms with Crippen LogP contribution in [-0.2, 0) is 0 Å². The maximum absolute atomic E-state index is 2.41. The van der Waals surface area contributed by atoms with Crippen LogP contribution >= 0.6 is 0 Å². The minimum Gasteiger partial charge on any atom is -0.346 e. The van der Waals surface area contributed by atoms with Crippen LogP contribution < -0.4 is 0 Å². The summed E-state index contributed by atoms with van der Waals surface area (Å²) in [5.74, 6) is 0.796. The van der Waals surface area contributed by atoms with Crippen molar-refractivity contribution in [2.45, 2.75) is 26.6 Å². The molecule has 1 heterocycles. The molecule has 1 atom stereocenters. The first-order chi connectivity index (χ1) is 5.36. The van der Waals surface area contributed by atoms with E-state index in [0.29, 0.717) is 0 Å². The van der Waals surface area contributed by atoms with E-state index in [-0.39, 0.29) is 0 Å². The molecule has 0 bridgehead atoms. The van der Waals surface area contributed by atoms with Crippen molar-refractivity contribution in [1.82, 2.24) is 4.81 Å². The van der Waals surface area contributed by atoms with Gasteiger partial charge in [-0.3, -0.25) is 0 Å².